The Bertz CT molecular complexity index is 378. The van der Waals surface area contributed by atoms with Crippen LogP contribution in [0.5, 0.6) is 0 Å². The van der Waals surface area contributed by atoms with Crippen molar-refractivity contribution in [3.8, 4) is 0 Å². The molecule has 0 aliphatic heterocycles. The number of carbonyl (C=O) groups excluding carboxylic acids is 1. The van der Waals surface area contributed by atoms with E-state index in [0.717, 1.165) is 12.5 Å². The second-order valence-corrected chi connectivity index (χ2v) is 6.35. The minimum absolute atomic E-state index is 0.119. The highest BCUT2D eigenvalue weighted by molar-refractivity contribution is 7.88. The molecule has 0 aromatic rings. The van der Waals surface area contributed by atoms with Crippen LogP contribution < -0.4 is 5.32 Å². The van der Waals surface area contributed by atoms with E-state index in [0.29, 0.717) is 19.3 Å². The van der Waals surface area contributed by atoms with E-state index in [2.05, 4.69) is 11.9 Å². The highest BCUT2D eigenvalue weighted by atomic mass is 32.2. The summed E-state index contributed by atoms with van der Waals surface area (Å²) >= 11 is 0. The van der Waals surface area contributed by atoms with E-state index in [4.69, 9.17) is 4.18 Å². The molecular weight excluding hydrogens is 254 g/mol. The maximum absolute atomic E-state index is 12.1. The van der Waals surface area contributed by atoms with Crippen LogP contribution in [0.25, 0.3) is 0 Å². The molecule has 1 amide bonds. The van der Waals surface area contributed by atoms with Gasteiger partial charge < -0.3 is 5.32 Å². The number of carbonyl (C=O) groups is 1. The van der Waals surface area contributed by atoms with Crippen LogP contribution in [0, 0.1) is 0 Å². The number of hydrogen-bond donors (Lipinski definition) is 1. The lowest BCUT2D eigenvalue weighted by Crippen LogP contribution is -2.52. The summed E-state index contributed by atoms with van der Waals surface area (Å²) in [5, 5.41) is 2.46. The molecule has 0 rings (SSSR count). The van der Waals surface area contributed by atoms with Crippen LogP contribution in [-0.4, -0.2) is 25.8 Å². The van der Waals surface area contributed by atoms with E-state index in [-0.39, 0.29) is 6.61 Å². The normalized spacial score (nSPS) is 14.8. The number of unbranched alkanes of at least 4 members (excludes halogenated alkanes) is 1. The van der Waals surface area contributed by atoms with Crippen LogP contribution in [0.3, 0.4) is 0 Å². The first-order valence-electron chi connectivity index (χ1n) is 6.16. The lowest BCUT2D eigenvalue weighted by molar-refractivity contribution is -0.117. The summed E-state index contributed by atoms with van der Waals surface area (Å²) in [5.74, 6) is -0.516. The molecule has 1 N–H and O–H groups in total. The fourth-order valence-corrected chi connectivity index (χ4v) is 2.66. The molecule has 0 aromatic carbocycles. The molecule has 0 saturated heterocycles. The van der Waals surface area contributed by atoms with Gasteiger partial charge in [-0.3, -0.25) is 8.98 Å². The number of amides is 1. The zero-order valence-electron chi connectivity index (χ0n) is 11.4. The van der Waals surface area contributed by atoms with Gasteiger partial charge in [-0.25, -0.2) is 0 Å². The van der Waals surface area contributed by atoms with Crippen molar-refractivity contribution in [3.05, 3.63) is 12.7 Å². The first-order chi connectivity index (χ1) is 8.33. The predicted octanol–water partition coefficient (Wildman–Crippen LogP) is 1.95. The molecule has 1 atom stereocenters. The third kappa shape index (κ3) is 4.78. The van der Waals surface area contributed by atoms with E-state index in [1.54, 1.807) is 0 Å². The number of nitrogens with one attached hydrogen (secondary N) is 1. The molecule has 18 heavy (non-hydrogen) atoms. The summed E-state index contributed by atoms with van der Waals surface area (Å²) < 4.78 is 29.1. The van der Waals surface area contributed by atoms with Crippen LogP contribution in [0.2, 0.25) is 0 Å². The van der Waals surface area contributed by atoms with Crippen molar-refractivity contribution in [2.24, 2.45) is 0 Å². The van der Waals surface area contributed by atoms with Gasteiger partial charge in [-0.05, 0) is 25.8 Å². The Hall–Kier alpha value is -0.880. The topological polar surface area (TPSA) is 72.5 Å². The van der Waals surface area contributed by atoms with Gasteiger partial charge in [-0.2, -0.15) is 8.42 Å². The average Bonchev–Trinajstić information content (AvgIpc) is 2.33. The fourth-order valence-electron chi connectivity index (χ4n) is 1.40. The average molecular weight is 277 g/mol. The Morgan fingerprint density at radius 2 is 2.00 bits per heavy atom. The minimum atomic E-state index is -3.84. The molecule has 0 bridgehead atoms. The van der Waals surface area contributed by atoms with Gasteiger partial charge in [-0.1, -0.05) is 33.3 Å². The predicted molar refractivity (Wildman–Crippen MR) is 71.4 cm³/mol. The Balaban J connectivity index is 5.05. The first kappa shape index (κ1) is 17.1. The third-order valence-corrected chi connectivity index (χ3v) is 4.46. The van der Waals surface area contributed by atoms with Crippen LogP contribution in [-0.2, 0) is 19.1 Å². The minimum Gasteiger partial charge on any atom is -0.332 e. The Labute approximate surface area is 110 Å². The molecule has 6 heteroatoms. The van der Waals surface area contributed by atoms with Gasteiger partial charge in [0.15, 0.2) is 4.87 Å². The summed E-state index contributed by atoms with van der Waals surface area (Å²) in [5.41, 5.74) is 0. The maximum atomic E-state index is 12.1. The third-order valence-electron chi connectivity index (χ3n) is 2.57. The zero-order valence-corrected chi connectivity index (χ0v) is 12.2. The molecule has 0 fully saturated rings. The van der Waals surface area contributed by atoms with E-state index in [1.165, 1.54) is 6.92 Å². The van der Waals surface area contributed by atoms with Gasteiger partial charge in [0.05, 0.1) is 6.61 Å². The summed E-state index contributed by atoms with van der Waals surface area (Å²) in [6.45, 7) is 8.68. The smallest absolute Gasteiger partial charge is 0.291 e. The van der Waals surface area contributed by atoms with Crippen LogP contribution >= 0.6 is 0 Å². The van der Waals surface area contributed by atoms with Crippen LogP contribution in [0.1, 0.15) is 46.5 Å². The SMILES string of the molecule is C=CC(=O)NC(C)(CCCC)S(=O)(=O)OCCC. The van der Waals surface area contributed by atoms with E-state index in [1.807, 2.05) is 13.8 Å². The lowest BCUT2D eigenvalue weighted by Gasteiger charge is -2.29. The highest BCUT2D eigenvalue weighted by Gasteiger charge is 2.40. The molecule has 0 spiro atoms. The van der Waals surface area contributed by atoms with Gasteiger partial charge in [0, 0.05) is 0 Å². The quantitative estimate of drug-likeness (QED) is 0.516. The molecule has 0 heterocycles. The monoisotopic (exact) mass is 277 g/mol. The first-order valence-corrected chi connectivity index (χ1v) is 7.57. The van der Waals surface area contributed by atoms with Crippen molar-refractivity contribution in [3.63, 3.8) is 0 Å². The van der Waals surface area contributed by atoms with E-state index < -0.39 is 20.9 Å². The van der Waals surface area contributed by atoms with Gasteiger partial charge in [0.1, 0.15) is 0 Å². The van der Waals surface area contributed by atoms with E-state index >= 15 is 0 Å². The Morgan fingerprint density at radius 3 is 2.44 bits per heavy atom. The van der Waals surface area contributed by atoms with Crippen LogP contribution in [0.15, 0.2) is 12.7 Å². The maximum Gasteiger partial charge on any atom is 0.291 e. The molecule has 0 saturated carbocycles. The second-order valence-electron chi connectivity index (χ2n) is 4.30. The number of hydrogen-bond acceptors (Lipinski definition) is 4. The summed E-state index contributed by atoms with van der Waals surface area (Å²) in [6.07, 6.45) is 3.48. The van der Waals surface area contributed by atoms with Gasteiger partial charge in [0.25, 0.3) is 10.1 Å². The zero-order chi connectivity index (χ0) is 14.2. The molecule has 0 aliphatic carbocycles. The lowest BCUT2D eigenvalue weighted by atomic mass is 10.1. The van der Waals surface area contributed by atoms with Crippen molar-refractivity contribution in [1.29, 1.82) is 0 Å². The molecule has 0 aromatic heterocycles. The molecule has 106 valence electrons. The van der Waals surface area contributed by atoms with E-state index in [9.17, 15) is 13.2 Å². The number of rotatable bonds is 9. The Kier molecular flexibility index (Phi) is 7.16. The van der Waals surface area contributed by atoms with Crippen molar-refractivity contribution in [1.82, 2.24) is 5.32 Å². The van der Waals surface area contributed by atoms with Crippen molar-refractivity contribution in [2.45, 2.75) is 51.3 Å². The Morgan fingerprint density at radius 1 is 1.39 bits per heavy atom. The summed E-state index contributed by atoms with van der Waals surface area (Å²) in [4.78, 5) is 9.96. The van der Waals surface area contributed by atoms with Crippen molar-refractivity contribution in [2.75, 3.05) is 6.61 Å². The molecule has 5 nitrogen and oxygen atoms in total. The van der Waals surface area contributed by atoms with Gasteiger partial charge >= 0.3 is 0 Å². The largest absolute Gasteiger partial charge is 0.332 e. The summed E-state index contributed by atoms with van der Waals surface area (Å²) in [7, 11) is -3.84. The molecule has 1 unspecified atom stereocenters. The summed E-state index contributed by atoms with van der Waals surface area (Å²) in [6, 6.07) is 0. The highest BCUT2D eigenvalue weighted by Crippen LogP contribution is 2.23. The van der Waals surface area contributed by atoms with Crippen LogP contribution in [0.4, 0.5) is 0 Å². The molecule has 0 radical (unpaired) electrons. The van der Waals surface area contributed by atoms with Crippen molar-refractivity contribution < 1.29 is 17.4 Å². The fraction of sp³-hybridized carbons (Fsp3) is 0.750. The van der Waals surface area contributed by atoms with Crippen molar-refractivity contribution >= 4 is 16.0 Å². The second kappa shape index (κ2) is 7.53. The van der Waals surface area contributed by atoms with Gasteiger partial charge in [0.2, 0.25) is 5.91 Å². The molecule has 0 aliphatic rings. The molecular formula is C12H23NO4S. The standard InChI is InChI=1S/C12H23NO4S/c1-5-8-9-12(4,13-11(14)7-3)18(15,16)17-10-6-2/h7H,3,5-6,8-10H2,1-2,4H3,(H,13,14). The van der Waals surface area contributed by atoms with Gasteiger partial charge in [-0.15, -0.1) is 0 Å².